The normalized spacial score (nSPS) is 12.2. The van der Waals surface area contributed by atoms with E-state index in [2.05, 4.69) is 10.3 Å². The summed E-state index contributed by atoms with van der Waals surface area (Å²) in [6.45, 7) is 3.38. The standard InChI is InChI=1S/C7H11FN2OS/c1-7(2,10-5-11)6(9-3)4-12-8/h4,9H,1-3H3/b6-4-. The van der Waals surface area contributed by atoms with Gasteiger partial charge in [-0.15, -0.1) is 0 Å². The van der Waals surface area contributed by atoms with Gasteiger partial charge in [-0.05, 0) is 13.8 Å². The van der Waals surface area contributed by atoms with E-state index in [4.69, 9.17) is 0 Å². The van der Waals surface area contributed by atoms with Crippen LogP contribution in [0, 0.1) is 0 Å². The molecule has 0 unspecified atom stereocenters. The van der Waals surface area contributed by atoms with Crippen molar-refractivity contribution in [2.75, 3.05) is 7.05 Å². The van der Waals surface area contributed by atoms with Crippen LogP contribution >= 0.6 is 12.1 Å². The Morgan fingerprint density at radius 1 is 1.75 bits per heavy atom. The van der Waals surface area contributed by atoms with Gasteiger partial charge in [-0.3, -0.25) is 0 Å². The minimum atomic E-state index is -0.740. The molecule has 0 aliphatic heterocycles. The number of nitrogens with one attached hydrogen (secondary N) is 1. The van der Waals surface area contributed by atoms with Gasteiger partial charge in [0, 0.05) is 18.2 Å². The van der Waals surface area contributed by atoms with Crippen LogP contribution in [0.1, 0.15) is 13.8 Å². The van der Waals surface area contributed by atoms with Gasteiger partial charge in [0.2, 0.25) is 6.08 Å². The Morgan fingerprint density at radius 2 is 2.33 bits per heavy atom. The van der Waals surface area contributed by atoms with Crippen LogP contribution in [0.25, 0.3) is 0 Å². The molecule has 0 bridgehead atoms. The third-order valence-corrected chi connectivity index (χ3v) is 1.74. The molecular weight excluding hydrogens is 179 g/mol. The maximum atomic E-state index is 11.9. The van der Waals surface area contributed by atoms with Gasteiger partial charge in [0.25, 0.3) is 0 Å². The lowest BCUT2D eigenvalue weighted by atomic mass is 10.0. The van der Waals surface area contributed by atoms with Gasteiger partial charge >= 0.3 is 0 Å². The van der Waals surface area contributed by atoms with Gasteiger partial charge in [-0.2, -0.15) is 8.88 Å². The van der Waals surface area contributed by atoms with Crippen molar-refractivity contribution < 1.29 is 8.68 Å². The molecule has 0 aromatic rings. The molecule has 0 aromatic heterocycles. The van der Waals surface area contributed by atoms with Crippen LogP contribution in [0.4, 0.5) is 3.89 Å². The summed E-state index contributed by atoms with van der Waals surface area (Å²) in [4.78, 5) is 13.5. The van der Waals surface area contributed by atoms with Crippen molar-refractivity contribution in [2.45, 2.75) is 19.4 Å². The zero-order valence-electron chi connectivity index (χ0n) is 7.22. The highest BCUT2D eigenvalue weighted by molar-refractivity contribution is 7.97. The second-order valence-corrected chi connectivity index (χ2v) is 3.05. The summed E-state index contributed by atoms with van der Waals surface area (Å²) in [7, 11) is 1.64. The molecule has 0 saturated carbocycles. The van der Waals surface area contributed by atoms with Crippen LogP contribution in [0.15, 0.2) is 16.1 Å². The fourth-order valence-corrected chi connectivity index (χ4v) is 1.22. The molecule has 0 aliphatic carbocycles. The minimum Gasteiger partial charge on any atom is -0.389 e. The first-order valence-electron chi connectivity index (χ1n) is 3.33. The molecule has 0 spiro atoms. The number of hydrogen-bond donors (Lipinski definition) is 1. The quantitative estimate of drug-likeness (QED) is 0.542. The highest BCUT2D eigenvalue weighted by Gasteiger charge is 2.21. The van der Waals surface area contributed by atoms with E-state index in [9.17, 15) is 8.68 Å². The van der Waals surface area contributed by atoms with E-state index in [1.807, 2.05) is 0 Å². The number of rotatable bonds is 4. The van der Waals surface area contributed by atoms with Crippen LogP contribution in [0.5, 0.6) is 0 Å². The number of hydrogen-bond acceptors (Lipinski definition) is 4. The van der Waals surface area contributed by atoms with Crippen molar-refractivity contribution in [3.63, 3.8) is 0 Å². The van der Waals surface area contributed by atoms with Crippen LogP contribution < -0.4 is 5.32 Å². The number of isocyanates is 1. The Hall–Kier alpha value is -0.800. The highest BCUT2D eigenvalue weighted by Crippen LogP contribution is 2.20. The van der Waals surface area contributed by atoms with E-state index in [1.165, 1.54) is 11.5 Å². The molecule has 0 saturated heterocycles. The molecule has 0 amide bonds. The summed E-state index contributed by atoms with van der Waals surface area (Å²) in [5, 5.41) is 4.02. The van der Waals surface area contributed by atoms with E-state index >= 15 is 0 Å². The fourth-order valence-electron chi connectivity index (χ4n) is 0.728. The van der Waals surface area contributed by atoms with Crippen molar-refractivity contribution in [3.8, 4) is 0 Å². The molecule has 3 nitrogen and oxygen atoms in total. The van der Waals surface area contributed by atoms with Crippen molar-refractivity contribution >= 4 is 18.2 Å². The highest BCUT2D eigenvalue weighted by atomic mass is 32.2. The third kappa shape index (κ3) is 3.07. The first kappa shape index (κ1) is 11.2. The summed E-state index contributed by atoms with van der Waals surface area (Å²) < 4.78 is 11.9. The van der Waals surface area contributed by atoms with Crippen LogP contribution in [-0.4, -0.2) is 18.7 Å². The number of likely N-dealkylation sites (N-methyl/N-ethyl adjacent to an activating group) is 1. The average Bonchev–Trinajstić information content (AvgIpc) is 1.99. The lowest BCUT2D eigenvalue weighted by molar-refractivity contribution is 0.534. The molecule has 0 heterocycles. The molecule has 5 heteroatoms. The van der Waals surface area contributed by atoms with E-state index < -0.39 is 5.54 Å². The Kier molecular flexibility index (Phi) is 4.62. The van der Waals surface area contributed by atoms with Gasteiger partial charge in [0.15, 0.2) is 0 Å². The Morgan fingerprint density at radius 3 is 2.67 bits per heavy atom. The molecule has 1 N–H and O–H groups in total. The second kappa shape index (κ2) is 4.95. The first-order chi connectivity index (χ1) is 5.58. The maximum Gasteiger partial charge on any atom is 0.235 e. The molecular formula is C7H11FN2OS. The topological polar surface area (TPSA) is 41.5 Å². The lowest BCUT2D eigenvalue weighted by Gasteiger charge is -2.20. The second-order valence-electron chi connectivity index (χ2n) is 2.63. The van der Waals surface area contributed by atoms with Gasteiger partial charge in [0.1, 0.15) is 5.54 Å². The monoisotopic (exact) mass is 190 g/mol. The molecule has 0 radical (unpaired) electrons. The number of aliphatic imine (C=N–C) groups is 1. The van der Waals surface area contributed by atoms with Crippen molar-refractivity contribution in [1.82, 2.24) is 5.32 Å². The average molecular weight is 190 g/mol. The van der Waals surface area contributed by atoms with Gasteiger partial charge in [0.05, 0.1) is 12.1 Å². The largest absolute Gasteiger partial charge is 0.389 e. The number of carbonyl (C=O) groups excluding carboxylic acids is 1. The maximum absolute atomic E-state index is 11.9. The van der Waals surface area contributed by atoms with E-state index in [1.54, 1.807) is 20.9 Å². The summed E-state index contributed by atoms with van der Waals surface area (Å²) in [5.41, 5.74) is -0.200. The summed E-state index contributed by atoms with van der Waals surface area (Å²) in [5.74, 6) is 0. The predicted molar refractivity (Wildman–Crippen MR) is 48.0 cm³/mol. The molecule has 68 valence electrons. The van der Waals surface area contributed by atoms with Crippen molar-refractivity contribution in [1.29, 1.82) is 0 Å². The van der Waals surface area contributed by atoms with Crippen molar-refractivity contribution in [3.05, 3.63) is 11.1 Å². The van der Waals surface area contributed by atoms with Crippen LogP contribution in [0.2, 0.25) is 0 Å². The third-order valence-electron chi connectivity index (χ3n) is 1.42. The van der Waals surface area contributed by atoms with Gasteiger partial charge < -0.3 is 5.32 Å². The summed E-state index contributed by atoms with van der Waals surface area (Å²) in [6, 6.07) is 0. The molecule has 12 heavy (non-hydrogen) atoms. The Balaban J connectivity index is 4.70. The molecule has 0 aliphatic rings. The molecule has 0 aromatic carbocycles. The lowest BCUT2D eigenvalue weighted by Crippen LogP contribution is -2.28. The number of nitrogens with zero attached hydrogens (tertiary/aromatic N) is 1. The zero-order chi connectivity index (χ0) is 9.61. The van der Waals surface area contributed by atoms with E-state index in [0.717, 1.165) is 0 Å². The fraction of sp³-hybridized carbons (Fsp3) is 0.571. The molecule has 0 rings (SSSR count). The summed E-state index contributed by atoms with van der Waals surface area (Å²) in [6.07, 6.45) is 1.44. The SMILES string of the molecule is CN/C(=C\SF)C(C)(C)N=C=O. The Bertz CT molecular complexity index is 221. The zero-order valence-corrected chi connectivity index (χ0v) is 8.04. The van der Waals surface area contributed by atoms with Gasteiger partial charge in [-0.1, -0.05) is 0 Å². The summed E-state index contributed by atoms with van der Waals surface area (Å²) >= 11 is 0.0727. The Labute approximate surface area is 75.4 Å². The first-order valence-corrected chi connectivity index (χ1v) is 4.11. The van der Waals surface area contributed by atoms with Crippen LogP contribution in [-0.2, 0) is 4.79 Å². The van der Waals surface area contributed by atoms with Gasteiger partial charge in [-0.25, -0.2) is 4.79 Å². The van der Waals surface area contributed by atoms with E-state index in [-0.39, 0.29) is 12.1 Å². The minimum absolute atomic E-state index is 0.0727. The molecule has 0 atom stereocenters. The molecule has 0 fully saturated rings. The van der Waals surface area contributed by atoms with E-state index in [0.29, 0.717) is 5.70 Å². The van der Waals surface area contributed by atoms with Crippen molar-refractivity contribution in [2.24, 2.45) is 4.99 Å². The number of halogens is 1. The predicted octanol–water partition coefficient (Wildman–Crippen LogP) is 1.78. The van der Waals surface area contributed by atoms with Crippen LogP contribution in [0.3, 0.4) is 0 Å². The smallest absolute Gasteiger partial charge is 0.235 e.